The molecule has 1 aromatic heterocycles. The molecule has 5 nitrogen and oxygen atoms in total. The first-order valence-corrected chi connectivity index (χ1v) is 7.17. The summed E-state index contributed by atoms with van der Waals surface area (Å²) in [5.41, 5.74) is 2.81. The lowest BCUT2D eigenvalue weighted by molar-refractivity contribution is 0.290. The highest BCUT2D eigenvalue weighted by atomic mass is 32.1. The molecular formula is C14H17N3O2S. The van der Waals surface area contributed by atoms with Crippen LogP contribution in [0.4, 0.5) is 5.69 Å². The molecule has 0 saturated heterocycles. The maximum Gasteiger partial charge on any atom is 0.233 e. The van der Waals surface area contributed by atoms with Gasteiger partial charge in [-0.25, -0.2) is 0 Å². The van der Waals surface area contributed by atoms with E-state index in [1.807, 2.05) is 31.4 Å². The van der Waals surface area contributed by atoms with E-state index in [2.05, 4.69) is 22.5 Å². The third kappa shape index (κ3) is 3.54. The van der Waals surface area contributed by atoms with Crippen LogP contribution >= 0.6 is 0 Å². The van der Waals surface area contributed by atoms with Crippen LogP contribution in [-0.2, 0) is 31.5 Å². The Morgan fingerprint density at radius 1 is 1.40 bits per heavy atom. The highest BCUT2D eigenvalue weighted by Gasteiger charge is 2.09. The number of hydrogen-bond donors (Lipinski definition) is 0. The summed E-state index contributed by atoms with van der Waals surface area (Å²) in [4.78, 5) is 0. The van der Waals surface area contributed by atoms with Gasteiger partial charge in [-0.3, -0.25) is 4.68 Å². The third-order valence-electron chi connectivity index (χ3n) is 2.96. The summed E-state index contributed by atoms with van der Waals surface area (Å²) in [5, 5.41) is 4.17. The molecule has 0 unspecified atom stereocenters. The zero-order valence-corrected chi connectivity index (χ0v) is 12.4. The second-order valence-electron chi connectivity index (χ2n) is 4.45. The molecule has 6 heteroatoms. The standard InChI is InChI=1S/C14H17N3O2S/c1-3-5-11-6-4-7-13(16-20-18)12(11)10-19-14-8-9-17(2)15-14/h4,6-9H,3,5,10H2,1-2H3. The molecule has 0 N–H and O–H groups in total. The summed E-state index contributed by atoms with van der Waals surface area (Å²) < 4.78 is 22.0. The van der Waals surface area contributed by atoms with Crippen LogP contribution in [0.25, 0.3) is 0 Å². The predicted molar refractivity (Wildman–Crippen MR) is 78.2 cm³/mol. The summed E-state index contributed by atoms with van der Waals surface area (Å²) in [7, 11) is 1.84. The lowest BCUT2D eigenvalue weighted by Crippen LogP contribution is -2.01. The summed E-state index contributed by atoms with van der Waals surface area (Å²) in [6.45, 7) is 2.49. The van der Waals surface area contributed by atoms with E-state index >= 15 is 0 Å². The zero-order valence-electron chi connectivity index (χ0n) is 11.6. The minimum absolute atomic E-state index is 0.221. The predicted octanol–water partition coefficient (Wildman–Crippen LogP) is 2.98. The molecule has 2 aromatic rings. The van der Waals surface area contributed by atoms with Gasteiger partial charge in [0.05, 0.1) is 5.69 Å². The van der Waals surface area contributed by atoms with Crippen LogP contribution in [0.15, 0.2) is 34.8 Å². The van der Waals surface area contributed by atoms with Crippen LogP contribution < -0.4 is 4.74 Å². The Hall–Kier alpha value is -1.95. The molecule has 0 fully saturated rings. The van der Waals surface area contributed by atoms with E-state index < -0.39 is 0 Å². The van der Waals surface area contributed by atoms with E-state index in [1.165, 1.54) is 5.56 Å². The van der Waals surface area contributed by atoms with Crippen LogP contribution in [0, 0.1) is 0 Å². The van der Waals surface area contributed by atoms with E-state index in [1.54, 1.807) is 4.68 Å². The smallest absolute Gasteiger partial charge is 0.233 e. The van der Waals surface area contributed by atoms with Crippen molar-refractivity contribution in [1.82, 2.24) is 9.78 Å². The second-order valence-corrected chi connectivity index (χ2v) is 4.78. The number of hydrogen-bond acceptors (Lipinski definition) is 4. The number of rotatable bonds is 6. The molecule has 0 bridgehead atoms. The Balaban J connectivity index is 2.24. The van der Waals surface area contributed by atoms with Gasteiger partial charge in [-0.15, -0.1) is 5.10 Å². The van der Waals surface area contributed by atoms with Gasteiger partial charge in [-0.2, -0.15) is 8.57 Å². The number of ether oxygens (including phenoxy) is 1. The van der Waals surface area contributed by atoms with Gasteiger partial charge in [0.1, 0.15) is 6.61 Å². The third-order valence-corrected chi connectivity index (χ3v) is 3.23. The monoisotopic (exact) mass is 291 g/mol. The van der Waals surface area contributed by atoms with Gasteiger partial charge in [-0.1, -0.05) is 25.5 Å². The van der Waals surface area contributed by atoms with E-state index in [-0.39, 0.29) is 11.5 Å². The first-order valence-electron chi connectivity index (χ1n) is 6.47. The van der Waals surface area contributed by atoms with E-state index in [4.69, 9.17) is 4.74 Å². The highest BCUT2D eigenvalue weighted by molar-refractivity contribution is 7.54. The summed E-state index contributed by atoms with van der Waals surface area (Å²) in [5.74, 6) is 0.569. The van der Waals surface area contributed by atoms with Gasteiger partial charge in [0.2, 0.25) is 17.3 Å². The fourth-order valence-electron chi connectivity index (χ4n) is 2.03. The van der Waals surface area contributed by atoms with Gasteiger partial charge in [-0.05, 0) is 18.1 Å². The molecule has 0 spiro atoms. The molecule has 0 radical (unpaired) electrons. The molecule has 20 heavy (non-hydrogen) atoms. The maximum atomic E-state index is 10.7. The van der Waals surface area contributed by atoms with E-state index in [9.17, 15) is 4.21 Å². The average Bonchev–Trinajstić information content (AvgIpc) is 2.84. The first-order chi connectivity index (χ1) is 9.74. The normalized spacial score (nSPS) is 10.3. The van der Waals surface area contributed by atoms with Crippen molar-refractivity contribution in [2.45, 2.75) is 26.4 Å². The summed E-state index contributed by atoms with van der Waals surface area (Å²) in [6.07, 6.45) is 3.80. The van der Waals surface area contributed by atoms with Gasteiger partial charge in [0, 0.05) is 24.9 Å². The van der Waals surface area contributed by atoms with Crippen molar-refractivity contribution in [1.29, 1.82) is 0 Å². The molecule has 2 rings (SSSR count). The largest absolute Gasteiger partial charge is 0.472 e. The maximum absolute atomic E-state index is 10.7. The van der Waals surface area contributed by atoms with Crippen LogP contribution in [0.3, 0.4) is 0 Å². The van der Waals surface area contributed by atoms with Gasteiger partial charge >= 0.3 is 0 Å². The number of nitrogens with zero attached hydrogens (tertiary/aromatic N) is 3. The molecule has 106 valence electrons. The quantitative estimate of drug-likeness (QED) is 0.822. The lowest BCUT2D eigenvalue weighted by atomic mass is 10.0. The van der Waals surface area contributed by atoms with Gasteiger partial charge < -0.3 is 4.74 Å². The molecule has 0 aliphatic carbocycles. The van der Waals surface area contributed by atoms with Crippen molar-refractivity contribution >= 4 is 17.2 Å². The second kappa shape index (κ2) is 7.00. The Morgan fingerprint density at radius 3 is 2.90 bits per heavy atom. The molecule has 0 amide bonds. The van der Waals surface area contributed by atoms with Crippen LogP contribution in [-0.4, -0.2) is 14.0 Å². The Labute approximate surface area is 121 Å². The zero-order chi connectivity index (χ0) is 14.4. The van der Waals surface area contributed by atoms with E-state index in [0.717, 1.165) is 18.4 Å². The van der Waals surface area contributed by atoms with Crippen LogP contribution in [0.5, 0.6) is 5.88 Å². The van der Waals surface area contributed by atoms with Crippen molar-refractivity contribution in [3.05, 3.63) is 41.6 Å². The molecule has 0 aliphatic heterocycles. The SMILES string of the molecule is CCCc1cccc(N=S=O)c1COc1ccn(C)n1. The highest BCUT2D eigenvalue weighted by Crippen LogP contribution is 2.25. The van der Waals surface area contributed by atoms with E-state index in [0.29, 0.717) is 18.2 Å². The van der Waals surface area contributed by atoms with Gasteiger partial charge in [0.15, 0.2) is 0 Å². The molecule has 0 saturated carbocycles. The Kier molecular flexibility index (Phi) is 5.06. The van der Waals surface area contributed by atoms with Crippen LogP contribution in [0.1, 0.15) is 24.5 Å². The molecule has 1 heterocycles. The Morgan fingerprint density at radius 2 is 2.25 bits per heavy atom. The minimum atomic E-state index is 0.221. The Bertz CT molecular complexity index is 633. The number of aromatic nitrogens is 2. The molecule has 0 atom stereocenters. The summed E-state index contributed by atoms with van der Waals surface area (Å²) >= 11 is 0.221. The molecule has 0 aliphatic rings. The van der Waals surface area contributed by atoms with Crippen molar-refractivity contribution in [3.8, 4) is 5.88 Å². The lowest BCUT2D eigenvalue weighted by Gasteiger charge is -2.11. The topological polar surface area (TPSA) is 56.5 Å². The summed E-state index contributed by atoms with van der Waals surface area (Å²) in [6, 6.07) is 7.61. The number of benzene rings is 1. The molecule has 1 aromatic carbocycles. The van der Waals surface area contributed by atoms with Crippen molar-refractivity contribution in [2.75, 3.05) is 0 Å². The average molecular weight is 291 g/mol. The van der Waals surface area contributed by atoms with Gasteiger partial charge in [0.25, 0.3) is 0 Å². The fraction of sp³-hybridized carbons (Fsp3) is 0.357. The fourth-order valence-corrected chi connectivity index (χ4v) is 2.29. The van der Waals surface area contributed by atoms with Crippen molar-refractivity contribution in [3.63, 3.8) is 0 Å². The first kappa shape index (κ1) is 14.5. The van der Waals surface area contributed by atoms with Crippen molar-refractivity contribution < 1.29 is 8.95 Å². The molecular weight excluding hydrogens is 274 g/mol. The minimum Gasteiger partial charge on any atom is -0.472 e. The number of aryl methyl sites for hydroxylation is 2. The van der Waals surface area contributed by atoms with Crippen molar-refractivity contribution in [2.24, 2.45) is 11.4 Å². The van der Waals surface area contributed by atoms with Crippen LogP contribution in [0.2, 0.25) is 0 Å².